The largest absolute Gasteiger partial charge is 0.492 e. The lowest BCUT2D eigenvalue weighted by Crippen LogP contribution is -2.49. The molecule has 1 saturated carbocycles. The maximum absolute atomic E-state index is 13.7. The highest BCUT2D eigenvalue weighted by molar-refractivity contribution is 7.67. The van der Waals surface area contributed by atoms with Crippen LogP contribution in [-0.4, -0.2) is 56.5 Å². The molecular formula is C27H37N3O10P2. The Kier molecular flexibility index (Phi) is 11.1. The van der Waals surface area contributed by atoms with E-state index in [4.69, 9.17) is 10.5 Å². The van der Waals surface area contributed by atoms with Crippen molar-refractivity contribution in [3.8, 4) is 5.75 Å². The topological polar surface area (TPSA) is 217 Å². The summed E-state index contributed by atoms with van der Waals surface area (Å²) >= 11 is 0. The van der Waals surface area contributed by atoms with Crippen LogP contribution in [0.3, 0.4) is 0 Å². The van der Waals surface area contributed by atoms with Gasteiger partial charge in [0.15, 0.2) is 0 Å². The molecule has 2 aromatic carbocycles. The van der Waals surface area contributed by atoms with Crippen molar-refractivity contribution >= 4 is 49.2 Å². The Bertz CT molecular complexity index is 1410. The molecule has 15 heteroatoms. The van der Waals surface area contributed by atoms with Crippen molar-refractivity contribution < 1.29 is 47.8 Å². The van der Waals surface area contributed by atoms with Gasteiger partial charge in [0.05, 0.1) is 22.8 Å². The molecule has 0 radical (unpaired) electrons. The summed E-state index contributed by atoms with van der Waals surface area (Å²) in [5.41, 5.74) is 6.17. The minimum absolute atomic E-state index is 0.0879. The number of nitrogens with two attached hydrogens (primary N) is 1. The lowest BCUT2D eigenvalue weighted by atomic mass is 9.90. The number of ether oxygens (including phenoxy) is 1. The van der Waals surface area contributed by atoms with Crippen molar-refractivity contribution in [2.24, 2.45) is 11.7 Å². The van der Waals surface area contributed by atoms with E-state index < -0.39 is 49.6 Å². The Morgan fingerprint density at radius 1 is 1.00 bits per heavy atom. The summed E-state index contributed by atoms with van der Waals surface area (Å²) in [4.78, 5) is 77.8. The van der Waals surface area contributed by atoms with Gasteiger partial charge in [0.25, 0.3) is 5.91 Å². The van der Waals surface area contributed by atoms with Crippen molar-refractivity contribution in [3.05, 3.63) is 47.5 Å². The Morgan fingerprint density at radius 2 is 1.64 bits per heavy atom. The number of anilines is 1. The van der Waals surface area contributed by atoms with E-state index in [9.17, 15) is 43.1 Å². The Balaban J connectivity index is 1.91. The van der Waals surface area contributed by atoms with Crippen molar-refractivity contribution in [2.45, 2.75) is 58.4 Å². The summed E-state index contributed by atoms with van der Waals surface area (Å²) in [6.45, 7) is 3.44. The highest BCUT2D eigenvalue weighted by atomic mass is 31.2. The second-order valence-electron chi connectivity index (χ2n) is 10.3. The molecule has 230 valence electrons. The fraction of sp³-hybridized carbons (Fsp3) is 0.444. The van der Waals surface area contributed by atoms with Gasteiger partial charge < -0.3 is 40.3 Å². The fourth-order valence-electron chi connectivity index (χ4n) is 5.08. The number of nitrogens with one attached hydrogen (secondary N) is 1. The number of nitrogens with zero attached hydrogens (tertiary/aromatic N) is 1. The lowest BCUT2D eigenvalue weighted by Gasteiger charge is -2.28. The van der Waals surface area contributed by atoms with Gasteiger partial charge in [-0.25, -0.2) is 0 Å². The number of benzene rings is 2. The summed E-state index contributed by atoms with van der Waals surface area (Å²) in [6, 6.07) is 6.39. The molecule has 42 heavy (non-hydrogen) atoms. The average molecular weight is 626 g/mol. The molecule has 1 atom stereocenters. The fourth-order valence-corrected chi connectivity index (χ4v) is 7.20. The van der Waals surface area contributed by atoms with Crippen LogP contribution in [0, 0.1) is 5.92 Å². The molecule has 0 saturated heterocycles. The number of likely N-dealkylation sites (N-methyl/N-ethyl adjacent to an activating group) is 1. The zero-order chi connectivity index (χ0) is 31.2. The van der Waals surface area contributed by atoms with Crippen LogP contribution in [0.5, 0.6) is 5.75 Å². The smallest absolute Gasteiger partial charge is 0.357 e. The normalized spacial score (nSPS) is 15.1. The highest BCUT2D eigenvalue weighted by Gasteiger charge is 2.32. The number of carbonyl (C=O) groups excluding carboxylic acids is 3. The first-order valence-electron chi connectivity index (χ1n) is 13.5. The molecule has 1 unspecified atom stereocenters. The maximum atomic E-state index is 13.7. The lowest BCUT2D eigenvalue weighted by molar-refractivity contribution is -0.126. The average Bonchev–Trinajstić information content (AvgIpc) is 2.91. The van der Waals surface area contributed by atoms with E-state index in [2.05, 4.69) is 5.32 Å². The van der Waals surface area contributed by atoms with E-state index in [1.807, 2.05) is 0 Å². The second kappa shape index (κ2) is 13.9. The van der Waals surface area contributed by atoms with Crippen molar-refractivity contribution in [3.63, 3.8) is 0 Å². The van der Waals surface area contributed by atoms with Gasteiger partial charge in [0.2, 0.25) is 11.8 Å². The minimum atomic E-state index is -5.11. The summed E-state index contributed by atoms with van der Waals surface area (Å²) in [6.07, 6.45) is 5.30. The predicted octanol–water partition coefficient (Wildman–Crippen LogP) is 1.45. The molecule has 1 aliphatic carbocycles. The highest BCUT2D eigenvalue weighted by Crippen LogP contribution is 2.40. The Morgan fingerprint density at radius 3 is 2.19 bits per heavy atom. The van der Waals surface area contributed by atoms with Crippen molar-refractivity contribution in [1.29, 1.82) is 0 Å². The van der Waals surface area contributed by atoms with Gasteiger partial charge in [0.1, 0.15) is 11.8 Å². The quantitative estimate of drug-likeness (QED) is 0.187. The minimum Gasteiger partial charge on any atom is -0.492 e. The molecule has 0 spiro atoms. The van der Waals surface area contributed by atoms with Gasteiger partial charge in [-0.15, -0.1) is 0 Å². The molecule has 0 aliphatic heterocycles. The molecule has 3 amide bonds. The third-order valence-electron chi connectivity index (χ3n) is 7.10. The first-order chi connectivity index (χ1) is 19.6. The first kappa shape index (κ1) is 33.5. The monoisotopic (exact) mass is 625 g/mol. The van der Waals surface area contributed by atoms with Crippen molar-refractivity contribution in [1.82, 2.24) is 5.32 Å². The van der Waals surface area contributed by atoms with Gasteiger partial charge in [-0.2, -0.15) is 0 Å². The number of primary amides is 1. The SMILES string of the molecule is CCN(C(=O)C(Cc1ccc(P(=O)(O)O)c(P(=O)(O)O)c1)NC(C)=O)c1ccc(OCC2CCCCC2)c(C(N)=O)c1. The van der Waals surface area contributed by atoms with Crippen LogP contribution in [0.15, 0.2) is 36.4 Å². The van der Waals surface area contributed by atoms with E-state index >= 15 is 0 Å². The predicted molar refractivity (Wildman–Crippen MR) is 156 cm³/mol. The number of rotatable bonds is 12. The van der Waals surface area contributed by atoms with Crippen LogP contribution in [0.1, 0.15) is 61.9 Å². The van der Waals surface area contributed by atoms with E-state index in [0.717, 1.165) is 37.8 Å². The van der Waals surface area contributed by atoms with Gasteiger partial charge in [-0.1, -0.05) is 25.3 Å². The zero-order valence-electron chi connectivity index (χ0n) is 23.4. The Labute approximate surface area is 243 Å². The van der Waals surface area contributed by atoms with E-state index in [0.29, 0.717) is 24.0 Å². The molecule has 0 bridgehead atoms. The molecule has 13 nitrogen and oxygen atoms in total. The summed E-state index contributed by atoms with van der Waals surface area (Å²) < 4.78 is 29.7. The Hall–Kier alpha value is -3.05. The van der Waals surface area contributed by atoms with Gasteiger partial charge in [-0.05, 0) is 61.6 Å². The molecule has 2 aromatic rings. The van der Waals surface area contributed by atoms with Gasteiger partial charge in [-0.3, -0.25) is 23.5 Å². The summed E-state index contributed by atoms with van der Waals surface area (Å²) in [5, 5.41) is 0.825. The maximum Gasteiger partial charge on any atom is 0.357 e. The standard InChI is InChI=1S/C27H37N3O10P2/c1-3-30(20-10-11-23(21(15-20)26(28)32)40-16-18-7-5-4-6-8-18)27(33)22(29-17(2)31)13-19-9-12-24(41(34,35)36)25(14-19)42(37,38)39/h9-12,14-15,18,22H,3-8,13,16H2,1-2H3,(H2,28,32)(H,29,31)(H2,34,35,36)(H2,37,38,39). The van der Waals surface area contributed by atoms with Crippen LogP contribution < -0.4 is 31.3 Å². The second-order valence-corrected chi connectivity index (χ2v) is 13.5. The molecular weight excluding hydrogens is 588 g/mol. The van der Waals surface area contributed by atoms with Crippen LogP contribution in [0.2, 0.25) is 0 Å². The molecule has 0 aromatic heterocycles. The third-order valence-corrected chi connectivity index (χ3v) is 9.30. The summed E-state index contributed by atoms with van der Waals surface area (Å²) in [5.74, 6) is -1.22. The number of hydrogen-bond donors (Lipinski definition) is 6. The molecule has 7 N–H and O–H groups in total. The van der Waals surface area contributed by atoms with Crippen LogP contribution >= 0.6 is 15.2 Å². The van der Waals surface area contributed by atoms with E-state index in [1.165, 1.54) is 30.4 Å². The van der Waals surface area contributed by atoms with Crippen LogP contribution in [0.4, 0.5) is 5.69 Å². The first-order valence-corrected chi connectivity index (χ1v) is 16.7. The number of amides is 3. The molecule has 1 fully saturated rings. The molecule has 3 rings (SSSR count). The number of hydrogen-bond acceptors (Lipinski definition) is 6. The van der Waals surface area contributed by atoms with Crippen LogP contribution in [-0.2, 0) is 25.1 Å². The van der Waals surface area contributed by atoms with Crippen LogP contribution in [0.25, 0.3) is 0 Å². The third kappa shape index (κ3) is 8.73. The molecule has 0 heterocycles. The van der Waals surface area contributed by atoms with Gasteiger partial charge >= 0.3 is 15.2 Å². The van der Waals surface area contributed by atoms with Crippen molar-refractivity contribution in [2.75, 3.05) is 18.1 Å². The summed E-state index contributed by atoms with van der Waals surface area (Å²) in [7, 11) is -10.1. The van der Waals surface area contributed by atoms with E-state index in [-0.39, 0.29) is 24.1 Å². The van der Waals surface area contributed by atoms with Gasteiger partial charge in [0, 0.05) is 25.6 Å². The number of carbonyl (C=O) groups is 3. The molecule has 1 aliphatic rings. The van der Waals surface area contributed by atoms with E-state index in [1.54, 1.807) is 19.1 Å². The zero-order valence-corrected chi connectivity index (χ0v) is 25.2.